The first-order valence-electron chi connectivity index (χ1n) is 6.69. The molecule has 0 radical (unpaired) electrons. The highest BCUT2D eigenvalue weighted by Crippen LogP contribution is 2.20. The molecule has 0 aliphatic rings. The smallest absolute Gasteiger partial charge is 0.241 e. The van der Waals surface area contributed by atoms with Gasteiger partial charge < -0.3 is 5.32 Å². The number of hydrogen-bond acceptors (Lipinski definition) is 4. The van der Waals surface area contributed by atoms with Crippen LogP contribution in [0.15, 0.2) is 41.4 Å². The zero-order valence-electron chi connectivity index (χ0n) is 11.9. The maximum absolute atomic E-state index is 12.3. The maximum atomic E-state index is 12.3. The van der Waals surface area contributed by atoms with Gasteiger partial charge in [0.15, 0.2) is 0 Å². The Kier molecular flexibility index (Phi) is 7.04. The molecule has 116 valence electrons. The zero-order chi connectivity index (χ0) is 14.4. The highest BCUT2D eigenvalue weighted by Gasteiger charge is 2.16. The number of sulfonamides is 1. The van der Waals surface area contributed by atoms with Gasteiger partial charge in [-0.1, -0.05) is 13.0 Å². The molecule has 0 fully saturated rings. The summed E-state index contributed by atoms with van der Waals surface area (Å²) < 4.78 is 27.2. The number of hydrogen-bond donors (Lipinski definition) is 2. The van der Waals surface area contributed by atoms with Crippen molar-refractivity contribution in [2.24, 2.45) is 0 Å². The number of pyridine rings is 1. The van der Waals surface area contributed by atoms with Gasteiger partial charge in [-0.05, 0) is 37.2 Å². The third kappa shape index (κ3) is 4.64. The van der Waals surface area contributed by atoms with E-state index in [9.17, 15) is 8.42 Å². The van der Waals surface area contributed by atoms with E-state index < -0.39 is 10.0 Å². The molecule has 2 aromatic rings. The summed E-state index contributed by atoms with van der Waals surface area (Å²) in [4.78, 5) is 4.45. The predicted molar refractivity (Wildman–Crippen MR) is 87.3 cm³/mol. The molecule has 0 saturated carbocycles. The van der Waals surface area contributed by atoms with Crippen molar-refractivity contribution >= 4 is 33.3 Å². The van der Waals surface area contributed by atoms with Crippen LogP contribution in [-0.2, 0) is 10.0 Å². The number of halogens is 1. The lowest BCUT2D eigenvalue weighted by Gasteiger charge is -2.09. The molecule has 0 spiro atoms. The SMILES string of the molecule is CCCNCCNS(=O)(=O)c1cccc2ncccc12.Cl. The van der Waals surface area contributed by atoms with Crippen LogP contribution in [0.1, 0.15) is 13.3 Å². The van der Waals surface area contributed by atoms with E-state index >= 15 is 0 Å². The zero-order valence-corrected chi connectivity index (χ0v) is 13.5. The largest absolute Gasteiger partial charge is 0.315 e. The first-order chi connectivity index (χ1) is 9.65. The summed E-state index contributed by atoms with van der Waals surface area (Å²) in [6.07, 6.45) is 2.68. The van der Waals surface area contributed by atoms with E-state index in [1.165, 1.54) is 0 Å². The van der Waals surface area contributed by atoms with Gasteiger partial charge in [0, 0.05) is 24.7 Å². The second kappa shape index (κ2) is 8.29. The Bertz CT molecular complexity index is 671. The third-order valence-corrected chi connectivity index (χ3v) is 4.44. The molecular weight excluding hydrogens is 310 g/mol. The average Bonchev–Trinajstić information content (AvgIpc) is 2.46. The number of benzene rings is 1. The fraction of sp³-hybridized carbons (Fsp3) is 0.357. The first kappa shape index (κ1) is 17.8. The molecule has 0 amide bonds. The van der Waals surface area contributed by atoms with E-state index in [4.69, 9.17) is 0 Å². The number of nitrogens with one attached hydrogen (secondary N) is 2. The van der Waals surface area contributed by atoms with Crippen LogP contribution in [0.3, 0.4) is 0 Å². The predicted octanol–water partition coefficient (Wildman–Crippen LogP) is 1.93. The highest BCUT2D eigenvalue weighted by molar-refractivity contribution is 7.89. The van der Waals surface area contributed by atoms with Crippen molar-refractivity contribution in [1.29, 1.82) is 0 Å². The van der Waals surface area contributed by atoms with Crippen LogP contribution >= 0.6 is 12.4 Å². The van der Waals surface area contributed by atoms with Crippen molar-refractivity contribution in [3.05, 3.63) is 36.5 Å². The van der Waals surface area contributed by atoms with E-state index in [-0.39, 0.29) is 17.3 Å². The summed E-state index contributed by atoms with van der Waals surface area (Å²) in [6, 6.07) is 8.62. The number of fused-ring (bicyclic) bond motifs is 1. The molecule has 21 heavy (non-hydrogen) atoms. The average molecular weight is 330 g/mol. The molecule has 0 atom stereocenters. The molecule has 7 heteroatoms. The van der Waals surface area contributed by atoms with Crippen LogP contribution in [0, 0.1) is 0 Å². The van der Waals surface area contributed by atoms with Crippen LogP contribution < -0.4 is 10.0 Å². The van der Waals surface area contributed by atoms with Crippen LogP contribution in [0.25, 0.3) is 10.9 Å². The second-order valence-corrected chi connectivity index (χ2v) is 6.21. The van der Waals surface area contributed by atoms with Gasteiger partial charge in [-0.2, -0.15) is 0 Å². The van der Waals surface area contributed by atoms with E-state index in [2.05, 4.69) is 21.9 Å². The molecule has 1 heterocycles. The number of nitrogens with zero attached hydrogens (tertiary/aromatic N) is 1. The minimum atomic E-state index is -3.50. The molecular formula is C14H20ClN3O2S. The highest BCUT2D eigenvalue weighted by atomic mass is 35.5. The standard InChI is InChI=1S/C14H19N3O2S.ClH/c1-2-8-15-10-11-17-20(18,19)14-7-3-6-13-12(14)5-4-9-16-13;/h3-7,9,15,17H,2,8,10-11H2,1H3;1H. The molecule has 2 N–H and O–H groups in total. The Morgan fingerprint density at radius 3 is 2.67 bits per heavy atom. The van der Waals surface area contributed by atoms with Gasteiger partial charge in [0.25, 0.3) is 0 Å². The van der Waals surface area contributed by atoms with Crippen molar-refractivity contribution in [1.82, 2.24) is 15.0 Å². The number of rotatable bonds is 7. The van der Waals surface area contributed by atoms with Crippen LogP contribution in [0.4, 0.5) is 0 Å². The Morgan fingerprint density at radius 1 is 1.10 bits per heavy atom. The summed E-state index contributed by atoms with van der Waals surface area (Å²) >= 11 is 0. The summed E-state index contributed by atoms with van der Waals surface area (Å²) in [7, 11) is -3.50. The van der Waals surface area contributed by atoms with Gasteiger partial charge in [-0.3, -0.25) is 4.98 Å². The summed E-state index contributed by atoms with van der Waals surface area (Å²) in [5.74, 6) is 0. The van der Waals surface area contributed by atoms with Gasteiger partial charge in [-0.25, -0.2) is 13.1 Å². The van der Waals surface area contributed by atoms with Crippen LogP contribution in [0.5, 0.6) is 0 Å². The Balaban J connectivity index is 0.00000220. The maximum Gasteiger partial charge on any atom is 0.241 e. The molecule has 1 aromatic carbocycles. The van der Waals surface area contributed by atoms with Crippen molar-refractivity contribution in [3.63, 3.8) is 0 Å². The molecule has 2 rings (SSSR count). The van der Waals surface area contributed by atoms with Crippen molar-refractivity contribution in [2.45, 2.75) is 18.2 Å². The Morgan fingerprint density at radius 2 is 1.90 bits per heavy atom. The normalized spacial score (nSPS) is 11.3. The van der Waals surface area contributed by atoms with Crippen LogP contribution in [-0.4, -0.2) is 33.0 Å². The molecule has 0 aliphatic carbocycles. The minimum Gasteiger partial charge on any atom is -0.315 e. The van der Waals surface area contributed by atoms with Gasteiger partial charge in [-0.15, -0.1) is 12.4 Å². The third-order valence-electron chi connectivity index (χ3n) is 2.92. The van der Waals surface area contributed by atoms with Crippen molar-refractivity contribution in [3.8, 4) is 0 Å². The lowest BCUT2D eigenvalue weighted by Crippen LogP contribution is -2.32. The van der Waals surface area contributed by atoms with Gasteiger partial charge in [0.05, 0.1) is 10.4 Å². The van der Waals surface area contributed by atoms with E-state index in [0.717, 1.165) is 13.0 Å². The van der Waals surface area contributed by atoms with Crippen molar-refractivity contribution < 1.29 is 8.42 Å². The summed E-state index contributed by atoms with van der Waals surface area (Å²) in [5.41, 5.74) is 0.680. The topological polar surface area (TPSA) is 71.1 Å². The van der Waals surface area contributed by atoms with E-state index in [1.54, 1.807) is 36.5 Å². The number of aromatic nitrogens is 1. The molecule has 0 bridgehead atoms. The molecule has 5 nitrogen and oxygen atoms in total. The Hall–Kier alpha value is -1.21. The Labute approximate surface area is 131 Å². The van der Waals surface area contributed by atoms with Gasteiger partial charge in [0.1, 0.15) is 0 Å². The molecule has 1 aromatic heterocycles. The van der Waals surface area contributed by atoms with E-state index in [1.807, 2.05) is 0 Å². The minimum absolute atomic E-state index is 0. The monoisotopic (exact) mass is 329 g/mol. The van der Waals surface area contributed by atoms with Crippen molar-refractivity contribution in [2.75, 3.05) is 19.6 Å². The van der Waals surface area contributed by atoms with Gasteiger partial charge in [0.2, 0.25) is 10.0 Å². The lowest BCUT2D eigenvalue weighted by molar-refractivity contribution is 0.576. The summed E-state index contributed by atoms with van der Waals surface area (Å²) in [5, 5.41) is 3.80. The lowest BCUT2D eigenvalue weighted by atomic mass is 10.2. The second-order valence-electron chi connectivity index (χ2n) is 4.47. The summed E-state index contributed by atoms with van der Waals surface area (Å²) in [6.45, 7) is 3.95. The quantitative estimate of drug-likeness (QED) is 0.761. The molecule has 0 saturated heterocycles. The fourth-order valence-corrected chi connectivity index (χ4v) is 3.21. The van der Waals surface area contributed by atoms with Crippen LogP contribution in [0.2, 0.25) is 0 Å². The fourth-order valence-electron chi connectivity index (χ4n) is 1.96. The van der Waals surface area contributed by atoms with E-state index in [0.29, 0.717) is 24.0 Å². The molecule has 0 aliphatic heterocycles. The van der Waals surface area contributed by atoms with Gasteiger partial charge >= 0.3 is 0 Å². The molecule has 0 unspecified atom stereocenters. The first-order valence-corrected chi connectivity index (χ1v) is 8.17.